The average Bonchev–Trinajstić information content (AvgIpc) is 2.67. The first-order valence-corrected chi connectivity index (χ1v) is 5.54. The monoisotopic (exact) mass is 236 g/mol. The van der Waals surface area contributed by atoms with Crippen LogP contribution < -0.4 is 10.5 Å². The Hall–Kier alpha value is -1.62. The molecule has 1 aromatic carbocycles. The molecule has 0 spiro atoms. The molecule has 0 fully saturated rings. The van der Waals surface area contributed by atoms with Crippen molar-refractivity contribution < 1.29 is 9.15 Å². The summed E-state index contributed by atoms with van der Waals surface area (Å²) in [6.45, 7) is 1.89. The third-order valence-electron chi connectivity index (χ3n) is 2.01. The summed E-state index contributed by atoms with van der Waals surface area (Å²) >= 11 is 1.43. The van der Waals surface area contributed by atoms with Crippen molar-refractivity contribution in [3.63, 3.8) is 0 Å². The van der Waals surface area contributed by atoms with Gasteiger partial charge in [0.15, 0.2) is 0 Å². The summed E-state index contributed by atoms with van der Waals surface area (Å²) in [6.07, 6.45) is 1.62. The molecule has 2 N–H and O–H groups in total. The highest BCUT2D eigenvalue weighted by atomic mass is 32.2. The van der Waals surface area contributed by atoms with E-state index >= 15 is 0 Å². The van der Waals surface area contributed by atoms with Crippen LogP contribution in [0.25, 0.3) is 0 Å². The second kappa shape index (κ2) is 4.49. The van der Waals surface area contributed by atoms with E-state index in [4.69, 9.17) is 14.9 Å². The number of oxazole rings is 1. The van der Waals surface area contributed by atoms with Crippen LogP contribution in [0.2, 0.25) is 0 Å². The molecule has 2 rings (SSSR count). The van der Waals surface area contributed by atoms with Crippen LogP contribution in [0.3, 0.4) is 0 Å². The summed E-state index contributed by atoms with van der Waals surface area (Å²) in [6, 6.07) is 5.57. The minimum Gasteiger partial charge on any atom is -0.495 e. The maximum Gasteiger partial charge on any atom is 0.260 e. The number of aryl methyl sites for hydroxylation is 1. The van der Waals surface area contributed by atoms with Crippen molar-refractivity contribution in [1.82, 2.24) is 4.98 Å². The molecule has 0 bridgehead atoms. The molecule has 1 aromatic heterocycles. The van der Waals surface area contributed by atoms with Gasteiger partial charge in [-0.1, -0.05) is 0 Å². The Balaban J connectivity index is 2.21. The van der Waals surface area contributed by atoms with Crippen LogP contribution in [0.1, 0.15) is 5.69 Å². The van der Waals surface area contributed by atoms with Crippen molar-refractivity contribution in [3.8, 4) is 5.75 Å². The lowest BCUT2D eigenvalue weighted by atomic mass is 10.3. The summed E-state index contributed by atoms with van der Waals surface area (Å²) in [7, 11) is 1.59. The molecule has 4 nitrogen and oxygen atoms in total. The fraction of sp³-hybridized carbons (Fsp3) is 0.182. The molecule has 0 saturated carbocycles. The Morgan fingerprint density at radius 1 is 1.44 bits per heavy atom. The van der Waals surface area contributed by atoms with E-state index in [0.29, 0.717) is 16.7 Å². The van der Waals surface area contributed by atoms with Crippen molar-refractivity contribution >= 4 is 17.4 Å². The average molecular weight is 236 g/mol. The predicted octanol–water partition coefficient (Wildman–Crippen LogP) is 2.73. The highest BCUT2D eigenvalue weighted by Crippen LogP contribution is 2.32. The van der Waals surface area contributed by atoms with Crippen molar-refractivity contribution in [2.24, 2.45) is 0 Å². The largest absolute Gasteiger partial charge is 0.495 e. The smallest absolute Gasteiger partial charge is 0.260 e. The third kappa shape index (κ3) is 2.30. The van der Waals surface area contributed by atoms with E-state index in [0.717, 1.165) is 10.6 Å². The number of hydrogen-bond acceptors (Lipinski definition) is 5. The van der Waals surface area contributed by atoms with Gasteiger partial charge >= 0.3 is 0 Å². The molecular formula is C11H12N2O2S. The van der Waals surface area contributed by atoms with Gasteiger partial charge in [-0.25, -0.2) is 4.98 Å². The molecular weight excluding hydrogens is 224 g/mol. The number of aromatic nitrogens is 1. The molecule has 16 heavy (non-hydrogen) atoms. The molecule has 1 heterocycles. The van der Waals surface area contributed by atoms with Gasteiger partial charge in [-0.05, 0) is 36.9 Å². The van der Waals surface area contributed by atoms with E-state index in [1.165, 1.54) is 11.8 Å². The minimum atomic E-state index is 0.615. The number of hydrogen-bond donors (Lipinski definition) is 1. The quantitative estimate of drug-likeness (QED) is 0.830. The lowest BCUT2D eigenvalue weighted by Crippen LogP contribution is -1.91. The van der Waals surface area contributed by atoms with Crippen LogP contribution in [0.4, 0.5) is 5.69 Å². The Labute approximate surface area is 97.8 Å². The van der Waals surface area contributed by atoms with Gasteiger partial charge in [-0.15, -0.1) is 0 Å². The van der Waals surface area contributed by atoms with E-state index < -0.39 is 0 Å². The molecule has 0 atom stereocenters. The first kappa shape index (κ1) is 10.9. The first-order valence-electron chi connectivity index (χ1n) is 4.72. The van der Waals surface area contributed by atoms with Crippen LogP contribution in [-0.4, -0.2) is 12.1 Å². The molecule has 0 aliphatic rings. The van der Waals surface area contributed by atoms with Gasteiger partial charge in [-0.3, -0.25) is 0 Å². The van der Waals surface area contributed by atoms with Crippen LogP contribution in [0.15, 0.2) is 39.0 Å². The summed E-state index contributed by atoms with van der Waals surface area (Å²) in [5, 5.41) is 0.615. The number of nitrogen functional groups attached to an aromatic ring is 1. The zero-order valence-corrected chi connectivity index (χ0v) is 9.88. The number of benzene rings is 1. The topological polar surface area (TPSA) is 61.3 Å². The van der Waals surface area contributed by atoms with Gasteiger partial charge in [-0.2, -0.15) is 0 Å². The van der Waals surface area contributed by atoms with E-state index in [1.54, 1.807) is 19.4 Å². The second-order valence-corrected chi connectivity index (χ2v) is 4.29. The van der Waals surface area contributed by atoms with Crippen LogP contribution >= 0.6 is 11.8 Å². The van der Waals surface area contributed by atoms with Crippen LogP contribution in [0.5, 0.6) is 5.75 Å². The number of methoxy groups -OCH3 is 1. The molecule has 0 radical (unpaired) electrons. The van der Waals surface area contributed by atoms with Gasteiger partial charge in [0.25, 0.3) is 5.22 Å². The van der Waals surface area contributed by atoms with Crippen molar-refractivity contribution in [2.75, 3.05) is 12.8 Å². The summed E-state index contributed by atoms with van der Waals surface area (Å²) in [5.41, 5.74) is 7.21. The number of nitrogens with two attached hydrogens (primary N) is 1. The molecule has 0 saturated heterocycles. The molecule has 5 heteroatoms. The number of nitrogens with zero attached hydrogens (tertiary/aromatic N) is 1. The van der Waals surface area contributed by atoms with Gasteiger partial charge in [0, 0.05) is 4.90 Å². The van der Waals surface area contributed by atoms with Crippen molar-refractivity contribution in [2.45, 2.75) is 17.0 Å². The van der Waals surface area contributed by atoms with Gasteiger partial charge in [0.1, 0.15) is 12.0 Å². The Kier molecular flexibility index (Phi) is 3.05. The highest BCUT2D eigenvalue weighted by molar-refractivity contribution is 7.99. The molecule has 0 amide bonds. The first-order chi connectivity index (χ1) is 7.69. The fourth-order valence-corrected chi connectivity index (χ4v) is 2.02. The summed E-state index contributed by atoms with van der Waals surface area (Å²) in [5.74, 6) is 0.660. The summed E-state index contributed by atoms with van der Waals surface area (Å²) in [4.78, 5) is 5.19. The maximum absolute atomic E-state index is 5.72. The molecule has 0 aliphatic heterocycles. The standard InChI is InChI=1S/C11H12N2O2S/c1-7-6-15-11(13-7)16-8-3-4-9(12)10(5-8)14-2/h3-6H,12H2,1-2H3. The van der Waals surface area contributed by atoms with Gasteiger partial charge in [0.2, 0.25) is 0 Å². The minimum absolute atomic E-state index is 0.615. The van der Waals surface area contributed by atoms with Crippen LogP contribution in [0, 0.1) is 6.92 Å². The number of ether oxygens (including phenoxy) is 1. The zero-order chi connectivity index (χ0) is 11.5. The van der Waals surface area contributed by atoms with E-state index in [-0.39, 0.29) is 0 Å². The lowest BCUT2D eigenvalue weighted by molar-refractivity contribution is 0.416. The Morgan fingerprint density at radius 3 is 2.88 bits per heavy atom. The van der Waals surface area contributed by atoms with E-state index in [1.807, 2.05) is 19.1 Å². The van der Waals surface area contributed by atoms with Crippen molar-refractivity contribution in [1.29, 1.82) is 0 Å². The summed E-state index contributed by atoms with van der Waals surface area (Å²) < 4.78 is 10.4. The fourth-order valence-electron chi connectivity index (χ4n) is 1.24. The number of anilines is 1. The van der Waals surface area contributed by atoms with Crippen LogP contribution in [-0.2, 0) is 0 Å². The third-order valence-corrected chi connectivity index (χ3v) is 2.86. The van der Waals surface area contributed by atoms with Crippen molar-refractivity contribution in [3.05, 3.63) is 30.2 Å². The van der Waals surface area contributed by atoms with Gasteiger partial charge in [0.05, 0.1) is 18.5 Å². The zero-order valence-electron chi connectivity index (χ0n) is 9.06. The van der Waals surface area contributed by atoms with E-state index in [9.17, 15) is 0 Å². The highest BCUT2D eigenvalue weighted by Gasteiger charge is 2.06. The molecule has 2 aromatic rings. The van der Waals surface area contributed by atoms with Gasteiger partial charge < -0.3 is 14.9 Å². The Morgan fingerprint density at radius 2 is 2.25 bits per heavy atom. The lowest BCUT2D eigenvalue weighted by Gasteiger charge is -2.05. The van der Waals surface area contributed by atoms with E-state index in [2.05, 4.69) is 4.98 Å². The SMILES string of the molecule is COc1cc(Sc2nc(C)co2)ccc1N. The molecule has 0 aliphatic carbocycles. The predicted molar refractivity (Wildman–Crippen MR) is 62.8 cm³/mol. The second-order valence-electron chi connectivity index (χ2n) is 3.26. The normalized spacial score (nSPS) is 10.4. The number of rotatable bonds is 3. The Bertz CT molecular complexity index is 496. The molecule has 84 valence electrons. The maximum atomic E-state index is 5.72. The molecule has 0 unspecified atom stereocenters.